The van der Waals surface area contributed by atoms with E-state index in [0.29, 0.717) is 12.1 Å². The molecular formula is C21H25FN2O2. The highest BCUT2D eigenvalue weighted by Crippen LogP contribution is 2.15. The van der Waals surface area contributed by atoms with Crippen molar-refractivity contribution in [3.8, 4) is 0 Å². The summed E-state index contributed by atoms with van der Waals surface area (Å²) in [6.45, 7) is 4.24. The van der Waals surface area contributed by atoms with E-state index in [1.807, 2.05) is 37.3 Å². The van der Waals surface area contributed by atoms with Crippen LogP contribution in [0.15, 0.2) is 54.6 Å². The number of carbonyl (C=O) groups excluding carboxylic acids is 2. The second-order valence-electron chi connectivity index (χ2n) is 6.24. The van der Waals surface area contributed by atoms with Gasteiger partial charge >= 0.3 is 0 Å². The molecule has 2 aromatic carbocycles. The monoisotopic (exact) mass is 356 g/mol. The first-order chi connectivity index (χ1) is 12.5. The Labute approximate surface area is 154 Å². The minimum atomic E-state index is -0.683. The number of amides is 2. The molecule has 26 heavy (non-hydrogen) atoms. The molecule has 2 rings (SSSR count). The molecule has 0 aromatic heterocycles. The third-order valence-electron chi connectivity index (χ3n) is 4.21. The van der Waals surface area contributed by atoms with E-state index in [2.05, 4.69) is 5.32 Å². The van der Waals surface area contributed by atoms with Gasteiger partial charge in [0.15, 0.2) is 0 Å². The van der Waals surface area contributed by atoms with E-state index in [1.165, 1.54) is 11.0 Å². The number of hydrogen-bond donors (Lipinski definition) is 1. The maximum atomic E-state index is 14.1. The van der Waals surface area contributed by atoms with Gasteiger partial charge in [0, 0.05) is 18.7 Å². The average Bonchev–Trinajstić information content (AvgIpc) is 2.65. The molecule has 0 spiro atoms. The molecule has 0 aliphatic heterocycles. The lowest BCUT2D eigenvalue weighted by atomic mass is 10.1. The average molecular weight is 356 g/mol. The third kappa shape index (κ3) is 5.41. The fourth-order valence-corrected chi connectivity index (χ4v) is 2.66. The normalized spacial score (nSPS) is 11.7. The molecule has 2 aromatic rings. The third-order valence-corrected chi connectivity index (χ3v) is 4.21. The standard InChI is InChI=1S/C21H25FN2O2/c1-3-13-23-21(26)16(2)24(15-18-11-7-8-12-19(18)22)20(25)14-17-9-5-4-6-10-17/h4-12,16H,3,13-15H2,1-2H3,(H,23,26)/t16-/m0/s1. The molecule has 0 saturated carbocycles. The molecular weight excluding hydrogens is 331 g/mol. The van der Waals surface area contributed by atoms with Gasteiger partial charge in [0.05, 0.1) is 6.42 Å². The van der Waals surface area contributed by atoms with E-state index < -0.39 is 6.04 Å². The van der Waals surface area contributed by atoms with Crippen LogP contribution in [0.25, 0.3) is 0 Å². The summed E-state index contributed by atoms with van der Waals surface area (Å²) in [6.07, 6.45) is 0.977. The van der Waals surface area contributed by atoms with E-state index in [9.17, 15) is 14.0 Å². The van der Waals surface area contributed by atoms with Crippen molar-refractivity contribution in [1.29, 1.82) is 0 Å². The van der Waals surface area contributed by atoms with Crippen molar-refractivity contribution in [3.05, 3.63) is 71.5 Å². The van der Waals surface area contributed by atoms with Crippen LogP contribution in [0.5, 0.6) is 0 Å². The molecule has 0 aliphatic rings. The SMILES string of the molecule is CCCNC(=O)[C@H](C)N(Cc1ccccc1F)C(=O)Cc1ccccc1. The topological polar surface area (TPSA) is 49.4 Å². The summed E-state index contributed by atoms with van der Waals surface area (Å²) in [7, 11) is 0. The number of rotatable bonds is 8. The molecule has 138 valence electrons. The smallest absolute Gasteiger partial charge is 0.242 e. The maximum absolute atomic E-state index is 14.1. The first kappa shape index (κ1) is 19.6. The van der Waals surface area contributed by atoms with E-state index in [1.54, 1.807) is 25.1 Å². The molecule has 0 aliphatic carbocycles. The van der Waals surface area contributed by atoms with E-state index in [0.717, 1.165) is 12.0 Å². The molecule has 5 heteroatoms. The molecule has 1 N–H and O–H groups in total. The first-order valence-corrected chi connectivity index (χ1v) is 8.87. The van der Waals surface area contributed by atoms with Gasteiger partial charge < -0.3 is 10.2 Å². The second-order valence-corrected chi connectivity index (χ2v) is 6.24. The van der Waals surface area contributed by atoms with Crippen molar-refractivity contribution < 1.29 is 14.0 Å². The fraction of sp³-hybridized carbons (Fsp3) is 0.333. The first-order valence-electron chi connectivity index (χ1n) is 8.87. The van der Waals surface area contributed by atoms with Crippen LogP contribution < -0.4 is 5.32 Å². The Morgan fingerprint density at radius 1 is 1.08 bits per heavy atom. The van der Waals surface area contributed by atoms with Gasteiger partial charge in [0.1, 0.15) is 11.9 Å². The van der Waals surface area contributed by atoms with E-state index in [4.69, 9.17) is 0 Å². The van der Waals surface area contributed by atoms with Crippen LogP contribution >= 0.6 is 0 Å². The number of hydrogen-bond acceptors (Lipinski definition) is 2. The summed E-state index contributed by atoms with van der Waals surface area (Å²) in [5.41, 5.74) is 1.25. The zero-order chi connectivity index (χ0) is 18.9. The van der Waals surface area contributed by atoms with Crippen LogP contribution in [0, 0.1) is 5.82 Å². The van der Waals surface area contributed by atoms with Crippen molar-refractivity contribution in [2.75, 3.05) is 6.54 Å². The lowest BCUT2D eigenvalue weighted by Crippen LogP contribution is -2.48. The van der Waals surface area contributed by atoms with Gasteiger partial charge in [-0.2, -0.15) is 0 Å². The van der Waals surface area contributed by atoms with Crippen molar-refractivity contribution in [1.82, 2.24) is 10.2 Å². The number of benzene rings is 2. The second kappa shape index (κ2) is 9.70. The van der Waals surface area contributed by atoms with Gasteiger partial charge in [-0.1, -0.05) is 55.5 Å². The quantitative estimate of drug-likeness (QED) is 0.789. The lowest BCUT2D eigenvalue weighted by Gasteiger charge is -2.29. The number of carbonyl (C=O) groups is 2. The highest BCUT2D eigenvalue weighted by atomic mass is 19.1. The molecule has 0 heterocycles. The Bertz CT molecular complexity index is 734. The fourth-order valence-electron chi connectivity index (χ4n) is 2.66. The van der Waals surface area contributed by atoms with Gasteiger partial charge in [-0.3, -0.25) is 9.59 Å². The van der Waals surface area contributed by atoms with Crippen LogP contribution in [-0.2, 0) is 22.6 Å². The zero-order valence-electron chi connectivity index (χ0n) is 15.2. The van der Waals surface area contributed by atoms with Crippen molar-refractivity contribution in [3.63, 3.8) is 0 Å². The number of nitrogens with zero attached hydrogens (tertiary/aromatic N) is 1. The summed E-state index contributed by atoms with van der Waals surface area (Å²) < 4.78 is 14.1. The summed E-state index contributed by atoms with van der Waals surface area (Å²) in [5.74, 6) is -0.825. The Morgan fingerprint density at radius 3 is 2.38 bits per heavy atom. The van der Waals surface area contributed by atoms with E-state index >= 15 is 0 Å². The zero-order valence-corrected chi connectivity index (χ0v) is 15.2. The number of nitrogens with one attached hydrogen (secondary N) is 1. The van der Waals surface area contributed by atoms with Gasteiger partial charge in [-0.25, -0.2) is 4.39 Å². The molecule has 4 nitrogen and oxygen atoms in total. The molecule has 2 amide bonds. The van der Waals surface area contributed by atoms with Gasteiger partial charge in [0.2, 0.25) is 11.8 Å². The largest absolute Gasteiger partial charge is 0.354 e. The number of halogens is 1. The van der Waals surface area contributed by atoms with E-state index in [-0.39, 0.29) is 30.6 Å². The molecule has 0 bridgehead atoms. The molecule has 0 saturated heterocycles. The van der Waals surface area contributed by atoms with Crippen LogP contribution in [-0.4, -0.2) is 29.3 Å². The van der Waals surface area contributed by atoms with Crippen molar-refractivity contribution in [2.24, 2.45) is 0 Å². The predicted molar refractivity (Wildman–Crippen MR) is 99.9 cm³/mol. The lowest BCUT2D eigenvalue weighted by molar-refractivity contribution is -0.140. The molecule has 0 fully saturated rings. The highest BCUT2D eigenvalue weighted by molar-refractivity contribution is 5.88. The maximum Gasteiger partial charge on any atom is 0.242 e. The van der Waals surface area contributed by atoms with Crippen molar-refractivity contribution in [2.45, 2.75) is 39.3 Å². The Kier molecular flexibility index (Phi) is 7.33. The molecule has 0 radical (unpaired) electrons. The van der Waals surface area contributed by atoms with Gasteiger partial charge in [-0.05, 0) is 25.0 Å². The molecule has 1 atom stereocenters. The minimum absolute atomic E-state index is 0.0546. The van der Waals surface area contributed by atoms with Crippen LogP contribution in [0.1, 0.15) is 31.4 Å². The Hall–Kier alpha value is -2.69. The van der Waals surface area contributed by atoms with Crippen LogP contribution in [0.3, 0.4) is 0 Å². The predicted octanol–water partition coefficient (Wildman–Crippen LogP) is 3.31. The Morgan fingerprint density at radius 2 is 1.73 bits per heavy atom. The summed E-state index contributed by atoms with van der Waals surface area (Å²) >= 11 is 0. The van der Waals surface area contributed by atoms with Gasteiger partial charge in [-0.15, -0.1) is 0 Å². The van der Waals surface area contributed by atoms with Gasteiger partial charge in [0.25, 0.3) is 0 Å². The Balaban J connectivity index is 2.21. The van der Waals surface area contributed by atoms with Crippen molar-refractivity contribution >= 4 is 11.8 Å². The van der Waals surface area contributed by atoms with Crippen LogP contribution in [0.4, 0.5) is 4.39 Å². The molecule has 0 unspecified atom stereocenters. The van der Waals surface area contributed by atoms with Crippen LogP contribution in [0.2, 0.25) is 0 Å². The highest BCUT2D eigenvalue weighted by Gasteiger charge is 2.26. The summed E-state index contributed by atoms with van der Waals surface area (Å²) in [4.78, 5) is 26.7. The summed E-state index contributed by atoms with van der Waals surface area (Å²) in [5, 5.41) is 2.81. The minimum Gasteiger partial charge on any atom is -0.354 e. The summed E-state index contributed by atoms with van der Waals surface area (Å²) in [6, 6.07) is 15.0.